The number of furan rings is 1. The van der Waals surface area contributed by atoms with E-state index in [1.54, 1.807) is 0 Å². The minimum atomic E-state index is -0.462. The Balaban J connectivity index is 1.07. The van der Waals surface area contributed by atoms with Crippen LogP contribution in [0.25, 0.3) is 77.6 Å². The molecule has 2 aliphatic rings. The number of hydrogen-bond donors (Lipinski definition) is 0. The molecule has 0 saturated carbocycles. The van der Waals surface area contributed by atoms with Gasteiger partial charge in [0.25, 0.3) is 0 Å². The van der Waals surface area contributed by atoms with Crippen LogP contribution in [0, 0.1) is 0 Å². The fraction of sp³-hybridized carbons (Fsp3) is 0.0164. The van der Waals surface area contributed by atoms with Gasteiger partial charge in [-0.25, -0.2) is 0 Å². The van der Waals surface area contributed by atoms with Crippen molar-refractivity contribution >= 4 is 39.0 Å². The highest BCUT2D eigenvalue weighted by Gasteiger charge is 2.52. The lowest BCUT2D eigenvalue weighted by molar-refractivity contribution is 0.669. The summed E-state index contributed by atoms with van der Waals surface area (Å²) in [7, 11) is 0. The molecular weight excluding hydrogens is 763 g/mol. The number of fused-ring (bicyclic) bond motifs is 13. The third-order valence-electron chi connectivity index (χ3n) is 13.5. The average Bonchev–Trinajstić information content (AvgIpc) is 4.00. The average molecular weight is 802 g/mol. The molecule has 0 unspecified atom stereocenters. The normalized spacial score (nSPS) is 12.9. The Morgan fingerprint density at radius 2 is 0.841 bits per heavy atom. The Morgan fingerprint density at radius 3 is 1.57 bits per heavy atom. The second-order valence-electron chi connectivity index (χ2n) is 16.7. The van der Waals surface area contributed by atoms with Gasteiger partial charge in [0.2, 0.25) is 0 Å². The van der Waals surface area contributed by atoms with Gasteiger partial charge in [-0.15, -0.1) is 0 Å². The van der Waals surface area contributed by atoms with E-state index in [4.69, 9.17) is 4.42 Å². The van der Waals surface area contributed by atoms with Gasteiger partial charge in [-0.05, 0) is 115 Å². The second kappa shape index (κ2) is 13.9. The molecule has 63 heavy (non-hydrogen) atoms. The smallest absolute Gasteiger partial charge is 0.137 e. The summed E-state index contributed by atoms with van der Waals surface area (Å²) in [5.41, 5.74) is 22.1. The van der Waals surface area contributed by atoms with E-state index in [0.29, 0.717) is 0 Å². The van der Waals surface area contributed by atoms with Crippen LogP contribution in [0.2, 0.25) is 0 Å². The molecular formula is C61H39NO. The highest BCUT2D eigenvalue weighted by molar-refractivity contribution is 6.14. The molecule has 0 aliphatic heterocycles. The van der Waals surface area contributed by atoms with Crippen molar-refractivity contribution in [2.24, 2.45) is 0 Å². The van der Waals surface area contributed by atoms with Crippen LogP contribution < -0.4 is 4.90 Å². The number of nitrogens with zero attached hydrogens (tertiary/aromatic N) is 1. The Labute approximate surface area is 366 Å². The summed E-state index contributed by atoms with van der Waals surface area (Å²) in [6.07, 6.45) is 0. The van der Waals surface area contributed by atoms with Crippen molar-refractivity contribution in [3.8, 4) is 55.6 Å². The summed E-state index contributed by atoms with van der Waals surface area (Å²) >= 11 is 0. The third-order valence-corrected chi connectivity index (χ3v) is 13.5. The molecule has 0 bridgehead atoms. The minimum Gasteiger partial charge on any atom is -0.456 e. The van der Waals surface area contributed by atoms with Gasteiger partial charge in [0.05, 0.1) is 22.2 Å². The number of para-hydroxylation sites is 1. The van der Waals surface area contributed by atoms with E-state index in [2.05, 4.69) is 241 Å². The topological polar surface area (TPSA) is 16.4 Å². The van der Waals surface area contributed by atoms with Crippen LogP contribution in [-0.4, -0.2) is 0 Å². The highest BCUT2D eigenvalue weighted by atomic mass is 16.3. The molecule has 0 fully saturated rings. The van der Waals surface area contributed by atoms with Crippen LogP contribution in [0.15, 0.2) is 241 Å². The molecule has 294 valence electrons. The number of anilines is 3. The van der Waals surface area contributed by atoms with Gasteiger partial charge in [-0.2, -0.15) is 0 Å². The molecule has 13 rings (SSSR count). The Kier molecular flexibility index (Phi) is 7.85. The lowest BCUT2D eigenvalue weighted by atomic mass is 9.70. The molecule has 0 atom stereocenters. The van der Waals surface area contributed by atoms with Crippen LogP contribution in [0.4, 0.5) is 17.1 Å². The first-order chi connectivity index (χ1) is 31.3. The van der Waals surface area contributed by atoms with Gasteiger partial charge >= 0.3 is 0 Å². The van der Waals surface area contributed by atoms with Crippen LogP contribution in [0.1, 0.15) is 22.3 Å². The number of benzene rings is 10. The predicted molar refractivity (Wildman–Crippen MR) is 261 cm³/mol. The molecule has 0 saturated heterocycles. The summed E-state index contributed by atoms with van der Waals surface area (Å²) in [5, 5.41) is 2.19. The first-order valence-electron chi connectivity index (χ1n) is 21.8. The Morgan fingerprint density at radius 1 is 0.317 bits per heavy atom. The fourth-order valence-corrected chi connectivity index (χ4v) is 10.9. The zero-order valence-corrected chi connectivity index (χ0v) is 34.4. The summed E-state index contributed by atoms with van der Waals surface area (Å²) in [6, 6.07) is 86.4. The van der Waals surface area contributed by atoms with Gasteiger partial charge in [-0.3, -0.25) is 0 Å². The van der Waals surface area contributed by atoms with Crippen molar-refractivity contribution in [3.05, 3.63) is 259 Å². The van der Waals surface area contributed by atoms with Gasteiger partial charge in [-0.1, -0.05) is 194 Å². The second-order valence-corrected chi connectivity index (χ2v) is 16.7. The van der Waals surface area contributed by atoms with E-state index < -0.39 is 5.41 Å². The summed E-state index contributed by atoms with van der Waals surface area (Å²) in [4.78, 5) is 2.48. The molecule has 2 heteroatoms. The molecule has 0 radical (unpaired) electrons. The largest absolute Gasteiger partial charge is 0.456 e. The van der Waals surface area contributed by atoms with E-state index in [1.165, 1.54) is 72.3 Å². The van der Waals surface area contributed by atoms with E-state index in [9.17, 15) is 0 Å². The molecule has 2 aliphatic carbocycles. The van der Waals surface area contributed by atoms with Crippen molar-refractivity contribution in [3.63, 3.8) is 0 Å². The quantitative estimate of drug-likeness (QED) is 0.167. The van der Waals surface area contributed by atoms with E-state index in [0.717, 1.165) is 44.6 Å². The van der Waals surface area contributed by atoms with Crippen LogP contribution >= 0.6 is 0 Å². The molecule has 1 aromatic heterocycles. The highest BCUT2D eigenvalue weighted by Crippen LogP contribution is 2.65. The first-order valence-corrected chi connectivity index (χ1v) is 21.8. The Hall–Kier alpha value is -8.20. The summed E-state index contributed by atoms with van der Waals surface area (Å²) in [5.74, 6) is 0. The SMILES string of the molecule is c1ccc(-c2ccc(-c3ccccc3)c(-c3ccc(N(c4cccc5c4-c4ccccc4C54c5ccccc5-c5ccccc54)c4cccc5oc6ccccc6c45)cc3)c2)cc1. The van der Waals surface area contributed by atoms with Gasteiger partial charge < -0.3 is 9.32 Å². The van der Waals surface area contributed by atoms with Crippen LogP contribution in [0.3, 0.4) is 0 Å². The molecule has 2 nitrogen and oxygen atoms in total. The lowest BCUT2D eigenvalue weighted by Crippen LogP contribution is -2.26. The maximum atomic E-state index is 6.57. The van der Waals surface area contributed by atoms with Crippen molar-refractivity contribution in [2.45, 2.75) is 5.41 Å². The predicted octanol–water partition coefficient (Wildman–Crippen LogP) is 16.4. The Bertz CT molecular complexity index is 3520. The molecule has 0 amide bonds. The summed E-state index contributed by atoms with van der Waals surface area (Å²) in [6.45, 7) is 0. The molecule has 0 N–H and O–H groups in total. The van der Waals surface area contributed by atoms with E-state index in [-0.39, 0.29) is 0 Å². The van der Waals surface area contributed by atoms with Crippen molar-refractivity contribution < 1.29 is 4.42 Å². The van der Waals surface area contributed by atoms with E-state index in [1.807, 2.05) is 0 Å². The molecule has 1 heterocycles. The van der Waals surface area contributed by atoms with Crippen molar-refractivity contribution in [2.75, 3.05) is 4.90 Å². The van der Waals surface area contributed by atoms with Gasteiger partial charge in [0, 0.05) is 16.6 Å². The standard InChI is InChI=1S/C61H39NO/c1-3-17-40(18-4-1)43-35-38-45(41-19-5-2-6-20-41)50(39-43)42-33-36-44(37-34-42)62(56-30-16-32-58-60(56)49-24-10-14-31-57(49)63-58)55-29-15-28-54-59(55)48-23-9-13-27-53(48)61(54)51-25-11-7-21-46(51)47-22-8-12-26-52(47)61/h1-39H. The van der Waals surface area contributed by atoms with E-state index >= 15 is 0 Å². The van der Waals surface area contributed by atoms with Crippen LogP contribution in [0.5, 0.6) is 0 Å². The first kappa shape index (κ1) is 35.5. The minimum absolute atomic E-state index is 0.462. The van der Waals surface area contributed by atoms with Crippen LogP contribution in [-0.2, 0) is 5.41 Å². The molecule has 10 aromatic carbocycles. The maximum Gasteiger partial charge on any atom is 0.137 e. The monoisotopic (exact) mass is 801 g/mol. The third kappa shape index (κ3) is 5.19. The van der Waals surface area contributed by atoms with Crippen molar-refractivity contribution in [1.82, 2.24) is 0 Å². The zero-order chi connectivity index (χ0) is 41.5. The maximum absolute atomic E-state index is 6.57. The van der Waals surface area contributed by atoms with Gasteiger partial charge in [0.1, 0.15) is 11.2 Å². The van der Waals surface area contributed by atoms with Gasteiger partial charge in [0.15, 0.2) is 0 Å². The number of rotatable bonds is 6. The molecule has 11 aromatic rings. The molecule has 1 spiro atoms. The zero-order valence-electron chi connectivity index (χ0n) is 34.4. The fourth-order valence-electron chi connectivity index (χ4n) is 10.9. The lowest BCUT2D eigenvalue weighted by Gasteiger charge is -2.32. The summed E-state index contributed by atoms with van der Waals surface area (Å²) < 4.78 is 6.57. The van der Waals surface area contributed by atoms with Crippen molar-refractivity contribution in [1.29, 1.82) is 0 Å². The number of hydrogen-bond acceptors (Lipinski definition) is 2.